The standard InChI is InChI=1S/C20H24ClN5O2/c1-4-20(23,12-18(27)26(3)13(2)22)14-7-5-8-15(11-14)24-19(28)16-9-6-10-17(21)25-16/h5-11H,2,4,12,22-23H2,1,3H3,(H,24,28)/t20-/m0/s1. The quantitative estimate of drug-likeness (QED) is 0.617. The highest BCUT2D eigenvalue weighted by Crippen LogP contribution is 2.29. The van der Waals surface area contributed by atoms with Crippen LogP contribution in [0.5, 0.6) is 0 Å². The van der Waals surface area contributed by atoms with Crippen molar-refractivity contribution in [2.24, 2.45) is 11.5 Å². The van der Waals surface area contributed by atoms with Gasteiger partial charge in [0, 0.05) is 24.7 Å². The van der Waals surface area contributed by atoms with E-state index in [9.17, 15) is 9.59 Å². The van der Waals surface area contributed by atoms with Gasteiger partial charge >= 0.3 is 0 Å². The number of carbonyl (C=O) groups excluding carboxylic acids is 2. The van der Waals surface area contributed by atoms with Gasteiger partial charge in [0.1, 0.15) is 10.8 Å². The number of carbonyl (C=O) groups is 2. The maximum Gasteiger partial charge on any atom is 0.274 e. The Kier molecular flexibility index (Phi) is 6.77. The Balaban J connectivity index is 2.23. The van der Waals surface area contributed by atoms with Crippen LogP contribution in [0, 0.1) is 0 Å². The molecule has 28 heavy (non-hydrogen) atoms. The molecular weight excluding hydrogens is 378 g/mol. The summed E-state index contributed by atoms with van der Waals surface area (Å²) < 4.78 is 0. The van der Waals surface area contributed by atoms with Gasteiger partial charge < -0.3 is 21.7 Å². The van der Waals surface area contributed by atoms with E-state index in [0.717, 1.165) is 5.56 Å². The number of amides is 2. The number of nitrogens with zero attached hydrogens (tertiary/aromatic N) is 2. The molecule has 2 rings (SSSR count). The van der Waals surface area contributed by atoms with Gasteiger partial charge in [-0.2, -0.15) is 0 Å². The van der Waals surface area contributed by atoms with Gasteiger partial charge in [0.2, 0.25) is 5.91 Å². The number of pyridine rings is 1. The van der Waals surface area contributed by atoms with Crippen molar-refractivity contribution in [3.63, 3.8) is 0 Å². The fraction of sp³-hybridized carbons (Fsp3) is 0.250. The molecule has 1 atom stereocenters. The molecule has 2 amide bonds. The van der Waals surface area contributed by atoms with E-state index in [0.29, 0.717) is 12.1 Å². The molecule has 8 heteroatoms. The van der Waals surface area contributed by atoms with Crippen molar-refractivity contribution in [3.8, 4) is 0 Å². The number of hydrogen-bond acceptors (Lipinski definition) is 5. The number of anilines is 1. The molecular formula is C20H24ClN5O2. The first-order valence-corrected chi connectivity index (χ1v) is 9.08. The summed E-state index contributed by atoms with van der Waals surface area (Å²) in [5.41, 5.74) is 12.7. The third-order valence-corrected chi connectivity index (χ3v) is 4.76. The molecule has 0 radical (unpaired) electrons. The summed E-state index contributed by atoms with van der Waals surface area (Å²) in [4.78, 5) is 30.1. The van der Waals surface area contributed by atoms with Crippen LogP contribution < -0.4 is 16.8 Å². The van der Waals surface area contributed by atoms with Crippen LogP contribution in [0.25, 0.3) is 0 Å². The fourth-order valence-corrected chi connectivity index (χ4v) is 2.78. The van der Waals surface area contributed by atoms with E-state index in [-0.39, 0.29) is 29.0 Å². The normalized spacial score (nSPS) is 12.7. The van der Waals surface area contributed by atoms with Crippen molar-refractivity contribution < 1.29 is 9.59 Å². The zero-order chi connectivity index (χ0) is 20.9. The highest BCUT2D eigenvalue weighted by molar-refractivity contribution is 6.29. The van der Waals surface area contributed by atoms with Crippen LogP contribution >= 0.6 is 11.6 Å². The Morgan fingerprint density at radius 1 is 1.29 bits per heavy atom. The van der Waals surface area contributed by atoms with Crippen LogP contribution in [0.2, 0.25) is 5.15 Å². The second kappa shape index (κ2) is 8.86. The minimum absolute atomic E-state index is 0.0451. The molecule has 1 aromatic heterocycles. The van der Waals surface area contributed by atoms with E-state index in [1.54, 1.807) is 43.4 Å². The van der Waals surface area contributed by atoms with E-state index in [1.165, 1.54) is 4.90 Å². The van der Waals surface area contributed by atoms with Crippen LogP contribution in [0.1, 0.15) is 35.8 Å². The molecule has 1 heterocycles. The predicted octanol–water partition coefficient (Wildman–Crippen LogP) is 2.83. The highest BCUT2D eigenvalue weighted by Gasteiger charge is 2.30. The summed E-state index contributed by atoms with van der Waals surface area (Å²) in [7, 11) is 1.55. The maximum atomic E-state index is 12.4. The molecule has 0 spiro atoms. The topological polar surface area (TPSA) is 114 Å². The van der Waals surface area contributed by atoms with Crippen molar-refractivity contribution >= 4 is 29.1 Å². The Morgan fingerprint density at radius 3 is 2.57 bits per heavy atom. The molecule has 0 fully saturated rings. The summed E-state index contributed by atoms with van der Waals surface area (Å²) in [6.45, 7) is 5.46. The number of nitrogens with one attached hydrogen (secondary N) is 1. The Hall–Kier alpha value is -2.90. The van der Waals surface area contributed by atoms with Gasteiger partial charge in [-0.25, -0.2) is 4.98 Å². The summed E-state index contributed by atoms with van der Waals surface area (Å²) in [6.07, 6.45) is 0.556. The second-order valence-electron chi connectivity index (χ2n) is 6.51. The number of halogens is 1. The van der Waals surface area contributed by atoms with Gasteiger partial charge in [0.25, 0.3) is 5.91 Å². The maximum absolute atomic E-state index is 12.4. The van der Waals surface area contributed by atoms with Gasteiger partial charge in [0.15, 0.2) is 0 Å². The number of hydrogen-bond donors (Lipinski definition) is 3. The van der Waals surface area contributed by atoms with Crippen molar-refractivity contribution in [2.45, 2.75) is 25.3 Å². The van der Waals surface area contributed by atoms with Gasteiger partial charge in [-0.1, -0.05) is 43.3 Å². The zero-order valence-corrected chi connectivity index (χ0v) is 16.7. The molecule has 2 aromatic rings. The van der Waals surface area contributed by atoms with Crippen molar-refractivity contribution in [1.82, 2.24) is 9.88 Å². The smallest absolute Gasteiger partial charge is 0.274 e. The minimum Gasteiger partial charge on any atom is -0.386 e. The molecule has 5 N–H and O–H groups in total. The predicted molar refractivity (Wildman–Crippen MR) is 111 cm³/mol. The molecule has 0 aliphatic heterocycles. The first kappa shape index (κ1) is 21.4. The van der Waals surface area contributed by atoms with Crippen LogP contribution in [-0.4, -0.2) is 28.7 Å². The largest absolute Gasteiger partial charge is 0.386 e. The number of aromatic nitrogens is 1. The van der Waals surface area contributed by atoms with E-state index in [2.05, 4.69) is 16.9 Å². The van der Waals surface area contributed by atoms with E-state index < -0.39 is 11.4 Å². The molecule has 148 valence electrons. The van der Waals surface area contributed by atoms with Crippen LogP contribution in [0.3, 0.4) is 0 Å². The third-order valence-electron chi connectivity index (χ3n) is 4.55. The summed E-state index contributed by atoms with van der Waals surface area (Å²) >= 11 is 5.83. The van der Waals surface area contributed by atoms with E-state index in [1.807, 2.05) is 13.0 Å². The Morgan fingerprint density at radius 2 is 1.96 bits per heavy atom. The average Bonchev–Trinajstić information content (AvgIpc) is 2.67. The average molecular weight is 402 g/mol. The molecule has 0 aliphatic carbocycles. The molecule has 7 nitrogen and oxygen atoms in total. The molecule has 0 saturated heterocycles. The van der Waals surface area contributed by atoms with Gasteiger partial charge in [-0.3, -0.25) is 9.59 Å². The van der Waals surface area contributed by atoms with Crippen LogP contribution in [0.4, 0.5) is 5.69 Å². The lowest BCUT2D eigenvalue weighted by molar-refractivity contribution is -0.129. The lowest BCUT2D eigenvalue weighted by Crippen LogP contribution is -2.42. The molecule has 0 aliphatic rings. The monoisotopic (exact) mass is 401 g/mol. The van der Waals surface area contributed by atoms with Crippen molar-refractivity contribution in [2.75, 3.05) is 12.4 Å². The summed E-state index contributed by atoms with van der Waals surface area (Å²) in [5, 5.41) is 3.01. The SMILES string of the molecule is C=C(N)N(C)C(=O)C[C@@](N)(CC)c1cccc(NC(=O)c2cccc(Cl)n2)c1. The molecule has 1 aromatic carbocycles. The first-order chi connectivity index (χ1) is 13.2. The zero-order valence-electron chi connectivity index (χ0n) is 15.9. The lowest BCUT2D eigenvalue weighted by Gasteiger charge is -2.30. The van der Waals surface area contributed by atoms with Gasteiger partial charge in [0.05, 0.1) is 5.82 Å². The van der Waals surface area contributed by atoms with E-state index >= 15 is 0 Å². The fourth-order valence-electron chi connectivity index (χ4n) is 2.62. The van der Waals surface area contributed by atoms with Crippen LogP contribution in [0.15, 0.2) is 54.9 Å². The summed E-state index contributed by atoms with van der Waals surface area (Å²) in [5.74, 6) is -0.484. The van der Waals surface area contributed by atoms with Gasteiger partial charge in [-0.15, -0.1) is 0 Å². The third kappa shape index (κ3) is 5.09. The summed E-state index contributed by atoms with van der Waals surface area (Å²) in [6, 6.07) is 11.9. The minimum atomic E-state index is -0.921. The lowest BCUT2D eigenvalue weighted by atomic mass is 9.84. The molecule has 0 unspecified atom stereocenters. The highest BCUT2D eigenvalue weighted by atomic mass is 35.5. The molecule has 0 bridgehead atoms. The van der Waals surface area contributed by atoms with Gasteiger partial charge in [-0.05, 0) is 36.2 Å². The molecule has 0 saturated carbocycles. The Bertz CT molecular complexity index is 902. The Labute approximate surface area is 169 Å². The number of rotatable bonds is 7. The number of nitrogens with two attached hydrogens (primary N) is 2. The van der Waals surface area contributed by atoms with Crippen molar-refractivity contribution in [1.29, 1.82) is 0 Å². The van der Waals surface area contributed by atoms with Crippen molar-refractivity contribution in [3.05, 3.63) is 71.3 Å². The number of benzene rings is 1. The van der Waals surface area contributed by atoms with E-state index in [4.69, 9.17) is 23.1 Å². The second-order valence-corrected chi connectivity index (χ2v) is 6.90. The van der Waals surface area contributed by atoms with Crippen LogP contribution in [-0.2, 0) is 10.3 Å². The first-order valence-electron chi connectivity index (χ1n) is 8.70.